The maximum atomic E-state index is 13.7. The Labute approximate surface area is 177 Å². The quantitative estimate of drug-likeness (QED) is 0.687. The van der Waals surface area contributed by atoms with Crippen molar-refractivity contribution in [1.29, 1.82) is 0 Å². The van der Waals surface area contributed by atoms with E-state index in [1.807, 2.05) is 11.2 Å². The van der Waals surface area contributed by atoms with Crippen molar-refractivity contribution in [2.75, 3.05) is 18.6 Å². The van der Waals surface area contributed by atoms with Gasteiger partial charge in [-0.3, -0.25) is 19.3 Å². The Kier molecular flexibility index (Phi) is 5.04. The molecule has 1 aromatic carbocycles. The second-order valence-electron chi connectivity index (χ2n) is 10.0. The Balaban J connectivity index is 1.64. The summed E-state index contributed by atoms with van der Waals surface area (Å²) in [6.07, 6.45) is 5.57. The minimum atomic E-state index is -0.721. The first-order chi connectivity index (χ1) is 13.7. The van der Waals surface area contributed by atoms with E-state index >= 15 is 0 Å². The van der Waals surface area contributed by atoms with Crippen molar-refractivity contribution < 1.29 is 14.4 Å². The van der Waals surface area contributed by atoms with Crippen molar-refractivity contribution in [2.24, 2.45) is 10.8 Å². The lowest BCUT2D eigenvalue weighted by atomic mass is 9.65. The summed E-state index contributed by atoms with van der Waals surface area (Å²) in [5.41, 5.74) is 1.14. The van der Waals surface area contributed by atoms with Crippen molar-refractivity contribution in [3.63, 3.8) is 0 Å². The number of carbonyl (C=O) groups excluding carboxylic acids is 3. The lowest BCUT2D eigenvalue weighted by Crippen LogP contribution is -2.52. The van der Waals surface area contributed by atoms with Crippen LogP contribution in [0.2, 0.25) is 0 Å². The largest absolute Gasteiger partial charge is 0.337 e. The fourth-order valence-electron chi connectivity index (χ4n) is 5.99. The lowest BCUT2D eigenvalue weighted by molar-refractivity contribution is -0.136. The normalized spacial score (nSPS) is 28.6. The molecule has 0 spiro atoms. The molecule has 3 atom stereocenters. The Bertz CT molecular complexity index is 832. The third-order valence-corrected chi connectivity index (χ3v) is 7.36. The summed E-state index contributed by atoms with van der Waals surface area (Å²) in [5.74, 6) is 0.00273. The number of hydrogen-bond donors (Lipinski definition) is 0. The summed E-state index contributed by atoms with van der Waals surface area (Å²) in [5, 5.41) is 0. The van der Waals surface area contributed by atoms with Gasteiger partial charge in [-0.2, -0.15) is 11.8 Å². The zero-order chi connectivity index (χ0) is 21.0. The Morgan fingerprint density at radius 3 is 2.34 bits per heavy atom. The number of imide groups is 1. The molecule has 2 bridgehead atoms. The Morgan fingerprint density at radius 1 is 1.14 bits per heavy atom. The molecule has 1 saturated carbocycles. The third kappa shape index (κ3) is 3.49. The number of thioether (sulfide) groups is 1. The second kappa shape index (κ2) is 7.15. The third-order valence-electron chi connectivity index (χ3n) is 6.72. The predicted molar refractivity (Wildman–Crippen MR) is 115 cm³/mol. The second-order valence-corrected chi connectivity index (χ2v) is 11.0. The average Bonchev–Trinajstić information content (AvgIpc) is 3.05. The molecule has 3 amide bonds. The van der Waals surface area contributed by atoms with Crippen LogP contribution in [0, 0.1) is 10.8 Å². The Hall–Kier alpha value is -1.82. The van der Waals surface area contributed by atoms with E-state index in [1.165, 1.54) is 4.90 Å². The number of fused-ring (bicyclic) bond motifs is 3. The molecule has 0 N–H and O–H groups in total. The molecular formula is C23H30N2O3S. The van der Waals surface area contributed by atoms with Gasteiger partial charge in [0.05, 0.1) is 11.1 Å². The molecule has 1 saturated heterocycles. The maximum Gasteiger partial charge on any atom is 0.262 e. The number of hydrogen-bond acceptors (Lipinski definition) is 4. The highest BCUT2D eigenvalue weighted by molar-refractivity contribution is 7.98. The molecule has 4 rings (SSSR count). The van der Waals surface area contributed by atoms with Crippen LogP contribution >= 0.6 is 11.8 Å². The molecule has 3 aliphatic rings. The fourth-order valence-corrected chi connectivity index (χ4v) is 6.45. The summed E-state index contributed by atoms with van der Waals surface area (Å²) in [6, 6.07) is 6.36. The van der Waals surface area contributed by atoms with Gasteiger partial charge in [0.15, 0.2) is 0 Å². The number of carbonyl (C=O) groups is 3. The SMILES string of the molecule is CSCC[C@@H](C(=O)N1C[C@]2(C)C[C@H]1CC(C)(C)C2)N1C(=O)c2ccccc2C1=O. The van der Waals surface area contributed by atoms with Gasteiger partial charge in [-0.1, -0.05) is 32.9 Å². The van der Waals surface area contributed by atoms with Gasteiger partial charge in [-0.15, -0.1) is 0 Å². The number of amides is 3. The number of likely N-dealkylation sites (tertiary alicyclic amines) is 1. The molecular weight excluding hydrogens is 384 g/mol. The molecule has 29 heavy (non-hydrogen) atoms. The zero-order valence-electron chi connectivity index (χ0n) is 17.7. The van der Waals surface area contributed by atoms with Crippen LogP contribution in [0.25, 0.3) is 0 Å². The van der Waals surface area contributed by atoms with Crippen LogP contribution in [-0.2, 0) is 4.79 Å². The van der Waals surface area contributed by atoms with Gasteiger partial charge >= 0.3 is 0 Å². The van der Waals surface area contributed by atoms with Gasteiger partial charge in [0.2, 0.25) is 5.91 Å². The molecule has 0 aromatic heterocycles. The first-order valence-electron chi connectivity index (χ1n) is 10.4. The molecule has 6 heteroatoms. The number of benzene rings is 1. The van der Waals surface area contributed by atoms with Crippen LogP contribution in [-0.4, -0.2) is 58.2 Å². The monoisotopic (exact) mass is 414 g/mol. The van der Waals surface area contributed by atoms with Gasteiger partial charge in [-0.05, 0) is 60.7 Å². The van der Waals surface area contributed by atoms with E-state index in [-0.39, 0.29) is 34.6 Å². The zero-order valence-corrected chi connectivity index (χ0v) is 18.6. The summed E-state index contributed by atoms with van der Waals surface area (Å²) < 4.78 is 0. The first-order valence-corrected chi connectivity index (χ1v) is 11.8. The van der Waals surface area contributed by atoms with Crippen LogP contribution in [0.1, 0.15) is 67.2 Å². The first kappa shape index (κ1) is 20.5. The van der Waals surface area contributed by atoms with E-state index in [9.17, 15) is 14.4 Å². The summed E-state index contributed by atoms with van der Waals surface area (Å²) in [7, 11) is 0. The highest BCUT2D eigenvalue weighted by Crippen LogP contribution is 2.52. The molecule has 2 heterocycles. The molecule has 2 fully saturated rings. The molecule has 156 valence electrons. The molecule has 2 aliphatic heterocycles. The van der Waals surface area contributed by atoms with Crippen molar-refractivity contribution in [3.8, 4) is 0 Å². The predicted octanol–water partition coefficient (Wildman–Crippen LogP) is 3.83. The summed E-state index contributed by atoms with van der Waals surface area (Å²) >= 11 is 1.63. The van der Waals surface area contributed by atoms with Gasteiger partial charge in [0.1, 0.15) is 6.04 Å². The number of nitrogens with zero attached hydrogens (tertiary/aromatic N) is 2. The average molecular weight is 415 g/mol. The van der Waals surface area contributed by atoms with Crippen LogP contribution in [0.3, 0.4) is 0 Å². The van der Waals surface area contributed by atoms with Crippen LogP contribution in [0.4, 0.5) is 0 Å². The summed E-state index contributed by atoms with van der Waals surface area (Å²) in [4.78, 5) is 43.1. The van der Waals surface area contributed by atoms with Gasteiger partial charge < -0.3 is 4.90 Å². The number of rotatable bonds is 5. The van der Waals surface area contributed by atoms with E-state index in [4.69, 9.17) is 0 Å². The van der Waals surface area contributed by atoms with Crippen LogP contribution in [0.15, 0.2) is 24.3 Å². The standard InChI is InChI=1S/C23H30N2O3S/c1-22(2)11-15-12-23(3,13-22)14-24(15)21(28)18(9-10-29-4)25-19(26)16-7-5-6-8-17(16)20(25)27/h5-8,15,18H,9-14H2,1-4H3/t15-,18+,23-/m1/s1. The fraction of sp³-hybridized carbons (Fsp3) is 0.609. The molecule has 5 nitrogen and oxygen atoms in total. The van der Waals surface area contributed by atoms with E-state index in [2.05, 4.69) is 20.8 Å². The van der Waals surface area contributed by atoms with E-state index < -0.39 is 6.04 Å². The highest BCUT2D eigenvalue weighted by Gasteiger charge is 2.53. The summed E-state index contributed by atoms with van der Waals surface area (Å²) in [6.45, 7) is 7.55. The van der Waals surface area contributed by atoms with Crippen LogP contribution < -0.4 is 0 Å². The van der Waals surface area contributed by atoms with E-state index in [0.29, 0.717) is 17.5 Å². The van der Waals surface area contributed by atoms with Gasteiger partial charge in [0, 0.05) is 12.6 Å². The van der Waals surface area contributed by atoms with Crippen molar-refractivity contribution in [3.05, 3.63) is 35.4 Å². The van der Waals surface area contributed by atoms with Gasteiger partial charge in [-0.25, -0.2) is 0 Å². The minimum absolute atomic E-state index is 0.0556. The maximum absolute atomic E-state index is 13.7. The van der Waals surface area contributed by atoms with Gasteiger partial charge in [0.25, 0.3) is 11.8 Å². The van der Waals surface area contributed by atoms with Crippen molar-refractivity contribution >= 4 is 29.5 Å². The molecule has 1 aliphatic carbocycles. The van der Waals surface area contributed by atoms with E-state index in [1.54, 1.807) is 36.0 Å². The molecule has 1 aromatic rings. The van der Waals surface area contributed by atoms with Crippen molar-refractivity contribution in [1.82, 2.24) is 9.80 Å². The van der Waals surface area contributed by atoms with Crippen molar-refractivity contribution in [2.45, 2.75) is 58.5 Å². The van der Waals surface area contributed by atoms with Crippen LogP contribution in [0.5, 0.6) is 0 Å². The highest BCUT2D eigenvalue weighted by atomic mass is 32.2. The lowest BCUT2D eigenvalue weighted by Gasteiger charge is -2.39. The topological polar surface area (TPSA) is 57.7 Å². The smallest absolute Gasteiger partial charge is 0.262 e. The minimum Gasteiger partial charge on any atom is -0.337 e. The molecule has 0 radical (unpaired) electrons. The Morgan fingerprint density at radius 2 is 1.76 bits per heavy atom. The molecule has 0 unspecified atom stereocenters. The van der Waals surface area contributed by atoms with E-state index in [0.717, 1.165) is 31.6 Å².